The van der Waals surface area contributed by atoms with E-state index in [1.807, 2.05) is 0 Å². The Kier molecular flexibility index (Phi) is 3.23. The van der Waals surface area contributed by atoms with Crippen LogP contribution in [0.3, 0.4) is 0 Å². The van der Waals surface area contributed by atoms with Crippen LogP contribution < -0.4 is 0 Å². The molecule has 0 radical (unpaired) electrons. The van der Waals surface area contributed by atoms with Crippen molar-refractivity contribution in [2.75, 3.05) is 0 Å². The Balaban J connectivity index is 2.91. The average molecular weight is 240 g/mol. The zero-order chi connectivity index (χ0) is 13.5. The number of rotatable bonds is 2. The third-order valence-electron chi connectivity index (χ3n) is 4.26. The van der Waals surface area contributed by atoms with Gasteiger partial charge in [0.2, 0.25) is 0 Å². The largest absolute Gasteiger partial charge is 0.0646 e. The average Bonchev–Trinajstić information content (AvgIpc) is 2.28. The smallest absolute Gasteiger partial charge is 0.00974 e. The van der Waals surface area contributed by atoms with Crippen LogP contribution in [0.2, 0.25) is 0 Å². The van der Waals surface area contributed by atoms with Gasteiger partial charge in [-0.3, -0.25) is 0 Å². The third-order valence-corrected chi connectivity index (χ3v) is 4.26. The van der Waals surface area contributed by atoms with E-state index >= 15 is 0 Å². The van der Waals surface area contributed by atoms with E-state index in [1.165, 1.54) is 39.4 Å². The van der Waals surface area contributed by atoms with Crippen molar-refractivity contribution in [2.45, 2.75) is 53.4 Å². The molecule has 0 heteroatoms. The fourth-order valence-electron chi connectivity index (χ4n) is 2.97. The Morgan fingerprint density at radius 2 is 1.56 bits per heavy atom. The Labute approximate surface area is 111 Å². The molecule has 0 spiro atoms. The Bertz CT molecular complexity index is 589. The van der Waals surface area contributed by atoms with E-state index in [2.05, 4.69) is 65.8 Å². The van der Waals surface area contributed by atoms with Crippen molar-refractivity contribution in [3.8, 4) is 0 Å². The van der Waals surface area contributed by atoms with Crippen LogP contribution in [-0.4, -0.2) is 0 Å². The van der Waals surface area contributed by atoms with Crippen LogP contribution in [0.1, 0.15) is 49.4 Å². The molecule has 0 nitrogen and oxygen atoms in total. The number of benzene rings is 2. The van der Waals surface area contributed by atoms with E-state index < -0.39 is 0 Å². The first kappa shape index (κ1) is 13.1. The molecule has 0 aromatic heterocycles. The fraction of sp³-hybridized carbons (Fsp3) is 0.444. The first-order valence-corrected chi connectivity index (χ1v) is 6.88. The quantitative estimate of drug-likeness (QED) is 0.654. The van der Waals surface area contributed by atoms with Gasteiger partial charge in [0.1, 0.15) is 0 Å². The molecule has 0 fully saturated rings. The number of aryl methyl sites for hydroxylation is 3. The highest BCUT2D eigenvalue weighted by Crippen LogP contribution is 2.37. The van der Waals surface area contributed by atoms with Gasteiger partial charge < -0.3 is 0 Å². The lowest BCUT2D eigenvalue weighted by molar-refractivity contribution is 0.508. The summed E-state index contributed by atoms with van der Waals surface area (Å²) < 4.78 is 0. The molecule has 0 aliphatic rings. The third kappa shape index (κ3) is 2.05. The van der Waals surface area contributed by atoms with Crippen LogP contribution in [0.4, 0.5) is 0 Å². The van der Waals surface area contributed by atoms with Crippen LogP contribution in [0.15, 0.2) is 24.3 Å². The fourth-order valence-corrected chi connectivity index (χ4v) is 2.97. The molecule has 0 amide bonds. The van der Waals surface area contributed by atoms with Crippen LogP contribution in [0.5, 0.6) is 0 Å². The van der Waals surface area contributed by atoms with Gasteiger partial charge in [-0.25, -0.2) is 0 Å². The molecule has 2 rings (SSSR count). The molecular weight excluding hydrogens is 216 g/mol. The molecule has 0 N–H and O–H groups in total. The standard InChI is InChI=1S/C18H24/c1-7-18(5,6)17-14(4)11-13(3)15-9-8-12(2)10-16(15)17/h8-11H,7H2,1-6H3. The molecule has 0 saturated heterocycles. The van der Waals surface area contributed by atoms with Crippen molar-refractivity contribution >= 4 is 10.8 Å². The molecule has 0 atom stereocenters. The monoisotopic (exact) mass is 240 g/mol. The van der Waals surface area contributed by atoms with Crippen LogP contribution in [-0.2, 0) is 5.41 Å². The maximum Gasteiger partial charge on any atom is -0.00974 e. The van der Waals surface area contributed by atoms with Gasteiger partial charge in [0.15, 0.2) is 0 Å². The van der Waals surface area contributed by atoms with Crippen molar-refractivity contribution in [3.63, 3.8) is 0 Å². The number of fused-ring (bicyclic) bond motifs is 1. The summed E-state index contributed by atoms with van der Waals surface area (Å²) in [5.41, 5.74) is 5.93. The second-order valence-corrected chi connectivity index (χ2v) is 6.17. The van der Waals surface area contributed by atoms with Gasteiger partial charge in [-0.1, -0.05) is 50.6 Å². The van der Waals surface area contributed by atoms with Gasteiger partial charge in [-0.2, -0.15) is 0 Å². The zero-order valence-corrected chi connectivity index (χ0v) is 12.5. The number of hydrogen-bond donors (Lipinski definition) is 0. The molecule has 0 aliphatic heterocycles. The molecule has 96 valence electrons. The van der Waals surface area contributed by atoms with E-state index in [0.29, 0.717) is 0 Å². The molecule has 0 heterocycles. The Hall–Kier alpha value is -1.30. The summed E-state index contributed by atoms with van der Waals surface area (Å²) >= 11 is 0. The van der Waals surface area contributed by atoms with Gasteiger partial charge in [0, 0.05) is 0 Å². The highest BCUT2D eigenvalue weighted by molar-refractivity contribution is 5.91. The summed E-state index contributed by atoms with van der Waals surface area (Å²) in [7, 11) is 0. The van der Waals surface area contributed by atoms with Crippen LogP contribution >= 0.6 is 0 Å². The summed E-state index contributed by atoms with van der Waals surface area (Å²) in [4.78, 5) is 0. The second kappa shape index (κ2) is 4.42. The predicted octanol–water partition coefficient (Wildman–Crippen LogP) is 5.45. The van der Waals surface area contributed by atoms with Crippen molar-refractivity contribution in [2.24, 2.45) is 0 Å². The molecule has 2 aromatic rings. The van der Waals surface area contributed by atoms with E-state index in [-0.39, 0.29) is 5.41 Å². The van der Waals surface area contributed by atoms with Gasteiger partial charge in [-0.05, 0) is 60.1 Å². The predicted molar refractivity (Wildman–Crippen MR) is 81.5 cm³/mol. The van der Waals surface area contributed by atoms with Gasteiger partial charge in [0.25, 0.3) is 0 Å². The van der Waals surface area contributed by atoms with E-state index in [9.17, 15) is 0 Å². The summed E-state index contributed by atoms with van der Waals surface area (Å²) in [6.45, 7) is 13.6. The summed E-state index contributed by atoms with van der Waals surface area (Å²) in [6.07, 6.45) is 1.17. The van der Waals surface area contributed by atoms with Gasteiger partial charge in [0.05, 0.1) is 0 Å². The second-order valence-electron chi connectivity index (χ2n) is 6.17. The van der Waals surface area contributed by atoms with Crippen LogP contribution in [0.25, 0.3) is 10.8 Å². The molecule has 2 aromatic carbocycles. The van der Waals surface area contributed by atoms with Crippen molar-refractivity contribution in [3.05, 3.63) is 46.5 Å². The van der Waals surface area contributed by atoms with E-state index in [1.54, 1.807) is 0 Å². The molecule has 0 unspecified atom stereocenters. The van der Waals surface area contributed by atoms with Gasteiger partial charge >= 0.3 is 0 Å². The van der Waals surface area contributed by atoms with Crippen molar-refractivity contribution in [1.82, 2.24) is 0 Å². The summed E-state index contributed by atoms with van der Waals surface area (Å²) in [6, 6.07) is 9.18. The van der Waals surface area contributed by atoms with Gasteiger partial charge in [-0.15, -0.1) is 0 Å². The van der Waals surface area contributed by atoms with Crippen molar-refractivity contribution < 1.29 is 0 Å². The SMILES string of the molecule is CCC(C)(C)c1c(C)cc(C)c2ccc(C)cc12. The minimum absolute atomic E-state index is 0.240. The first-order valence-electron chi connectivity index (χ1n) is 6.88. The van der Waals surface area contributed by atoms with E-state index in [4.69, 9.17) is 0 Å². The maximum absolute atomic E-state index is 2.35. The lowest BCUT2D eigenvalue weighted by Crippen LogP contribution is -2.18. The first-order chi connectivity index (χ1) is 8.36. The normalized spacial score (nSPS) is 12.1. The minimum atomic E-state index is 0.240. The minimum Gasteiger partial charge on any atom is -0.0646 e. The number of hydrogen-bond acceptors (Lipinski definition) is 0. The highest BCUT2D eigenvalue weighted by Gasteiger charge is 2.23. The topological polar surface area (TPSA) is 0 Å². The van der Waals surface area contributed by atoms with Crippen molar-refractivity contribution in [1.29, 1.82) is 0 Å². The maximum atomic E-state index is 2.35. The van der Waals surface area contributed by atoms with Crippen LogP contribution in [0, 0.1) is 20.8 Å². The molecule has 0 aliphatic carbocycles. The lowest BCUT2D eigenvalue weighted by atomic mass is 9.76. The Morgan fingerprint density at radius 1 is 0.889 bits per heavy atom. The summed E-state index contributed by atoms with van der Waals surface area (Å²) in [5, 5.41) is 2.85. The Morgan fingerprint density at radius 3 is 2.17 bits per heavy atom. The molecular formula is C18H24. The molecule has 0 bridgehead atoms. The zero-order valence-electron chi connectivity index (χ0n) is 12.5. The molecule has 18 heavy (non-hydrogen) atoms. The summed E-state index contributed by atoms with van der Waals surface area (Å²) in [5.74, 6) is 0. The highest BCUT2D eigenvalue weighted by atomic mass is 14.3. The van der Waals surface area contributed by atoms with E-state index in [0.717, 1.165) is 0 Å². The lowest BCUT2D eigenvalue weighted by Gasteiger charge is -2.28. The molecule has 0 saturated carbocycles.